The number of carbonyl (C=O) groups excluding carboxylic acids is 2. The largest absolute Gasteiger partial charge is 0.330 e. The highest BCUT2D eigenvalue weighted by molar-refractivity contribution is 6.42. The van der Waals surface area contributed by atoms with Crippen LogP contribution in [0.3, 0.4) is 0 Å². The van der Waals surface area contributed by atoms with Crippen molar-refractivity contribution in [2.24, 2.45) is 4.99 Å². The van der Waals surface area contributed by atoms with Crippen LogP contribution in [0.4, 0.5) is 5.69 Å². The van der Waals surface area contributed by atoms with Gasteiger partial charge in [0.2, 0.25) is 5.84 Å². The van der Waals surface area contributed by atoms with E-state index >= 15 is 0 Å². The van der Waals surface area contributed by atoms with Gasteiger partial charge in [-0.25, -0.2) is 10.0 Å². The van der Waals surface area contributed by atoms with Crippen molar-refractivity contribution in [1.29, 1.82) is 5.26 Å². The molecule has 0 radical (unpaired) electrons. The molecular weight excluding hydrogens is 401 g/mol. The lowest BCUT2D eigenvalue weighted by molar-refractivity contribution is -0.120. The number of carbonyl (C=O) groups is 2. The number of anilines is 1. The van der Waals surface area contributed by atoms with Gasteiger partial charge in [-0.2, -0.15) is 5.26 Å². The summed E-state index contributed by atoms with van der Waals surface area (Å²) in [6.07, 6.45) is 0. The molecule has 0 bridgehead atoms. The minimum Gasteiger partial charge on any atom is -0.330 e. The molecule has 2 N–H and O–H groups in total. The fourth-order valence-corrected chi connectivity index (χ4v) is 3.04. The van der Waals surface area contributed by atoms with Crippen LogP contribution in [0.1, 0.15) is 18.5 Å². The van der Waals surface area contributed by atoms with Gasteiger partial charge in [-0.1, -0.05) is 53.5 Å². The molecule has 2 unspecified atom stereocenters. The lowest BCUT2D eigenvalue weighted by Crippen LogP contribution is -2.58. The number of halogens is 2. The number of nitrogens with zero attached hydrogens (tertiary/aromatic N) is 3. The van der Waals surface area contributed by atoms with E-state index in [0.717, 1.165) is 0 Å². The predicted molar refractivity (Wildman–Crippen MR) is 107 cm³/mol. The standard InChI is InChI=1S/C19H15Cl2N5O2/c1-11-19(28)26(12-6-3-2-4-7-12)25-17(23-11)18(27)24-15(10-22)13-8-5-9-14(20)16(13)21/h2-9,11,15H,1H3,(H,23,25)(H,24,27). The normalized spacial score (nSPS) is 17.2. The molecule has 3 rings (SSSR count). The highest BCUT2D eigenvalue weighted by atomic mass is 35.5. The van der Waals surface area contributed by atoms with Gasteiger partial charge in [-0.3, -0.25) is 15.0 Å². The van der Waals surface area contributed by atoms with E-state index in [1.807, 2.05) is 12.1 Å². The monoisotopic (exact) mass is 415 g/mol. The molecule has 142 valence electrons. The minimum atomic E-state index is -1.04. The SMILES string of the molecule is CC1N=C(C(=O)NC(C#N)c2cccc(Cl)c2Cl)NN(c2ccccc2)C1=O. The Kier molecular flexibility index (Phi) is 5.83. The summed E-state index contributed by atoms with van der Waals surface area (Å²) in [7, 11) is 0. The first-order chi connectivity index (χ1) is 13.4. The molecule has 1 aliphatic heterocycles. The number of para-hydroxylation sites is 1. The number of nitriles is 1. The molecule has 0 saturated carbocycles. The molecule has 2 amide bonds. The van der Waals surface area contributed by atoms with Crippen LogP contribution in [-0.2, 0) is 9.59 Å². The molecule has 0 aliphatic carbocycles. The van der Waals surface area contributed by atoms with Crippen molar-refractivity contribution in [2.75, 3.05) is 5.01 Å². The van der Waals surface area contributed by atoms with Gasteiger partial charge in [0.1, 0.15) is 12.1 Å². The second kappa shape index (κ2) is 8.30. The van der Waals surface area contributed by atoms with Gasteiger partial charge in [0.25, 0.3) is 11.8 Å². The van der Waals surface area contributed by atoms with E-state index in [1.54, 1.807) is 49.4 Å². The maximum absolute atomic E-state index is 12.7. The van der Waals surface area contributed by atoms with E-state index < -0.39 is 18.0 Å². The zero-order valence-corrected chi connectivity index (χ0v) is 16.2. The Morgan fingerprint density at radius 3 is 2.64 bits per heavy atom. The number of rotatable bonds is 4. The van der Waals surface area contributed by atoms with E-state index in [4.69, 9.17) is 23.2 Å². The lowest BCUT2D eigenvalue weighted by atomic mass is 10.1. The van der Waals surface area contributed by atoms with Crippen LogP contribution in [0.5, 0.6) is 0 Å². The van der Waals surface area contributed by atoms with E-state index in [-0.39, 0.29) is 21.8 Å². The second-order valence-corrected chi connectivity index (χ2v) is 6.74. The third kappa shape index (κ3) is 3.93. The van der Waals surface area contributed by atoms with E-state index in [2.05, 4.69) is 15.7 Å². The zero-order valence-electron chi connectivity index (χ0n) is 14.7. The molecule has 1 heterocycles. The van der Waals surface area contributed by atoms with Crippen molar-refractivity contribution in [1.82, 2.24) is 10.7 Å². The van der Waals surface area contributed by atoms with Crippen molar-refractivity contribution >= 4 is 46.5 Å². The Labute approximate surface area is 171 Å². The first-order valence-corrected chi connectivity index (χ1v) is 9.06. The van der Waals surface area contributed by atoms with Crippen molar-refractivity contribution in [3.05, 3.63) is 64.1 Å². The predicted octanol–water partition coefficient (Wildman–Crippen LogP) is 3.01. The Hall–Kier alpha value is -3.08. The van der Waals surface area contributed by atoms with Crippen LogP contribution < -0.4 is 15.8 Å². The molecular formula is C19H15Cl2N5O2. The molecule has 0 aromatic heterocycles. The molecule has 2 aromatic rings. The zero-order chi connectivity index (χ0) is 20.3. The summed E-state index contributed by atoms with van der Waals surface area (Å²) >= 11 is 12.1. The summed E-state index contributed by atoms with van der Waals surface area (Å²) in [5, 5.41) is 13.7. The average Bonchev–Trinajstić information content (AvgIpc) is 2.71. The van der Waals surface area contributed by atoms with Crippen molar-refractivity contribution in [3.8, 4) is 6.07 Å². The minimum absolute atomic E-state index is 0.0886. The molecule has 0 saturated heterocycles. The Bertz CT molecular complexity index is 988. The molecule has 1 aliphatic rings. The maximum atomic E-state index is 12.7. The molecule has 28 heavy (non-hydrogen) atoms. The van der Waals surface area contributed by atoms with Gasteiger partial charge in [-0.05, 0) is 25.1 Å². The molecule has 2 atom stereocenters. The molecule has 0 spiro atoms. The number of hydrogen-bond acceptors (Lipinski definition) is 5. The highest BCUT2D eigenvalue weighted by Crippen LogP contribution is 2.29. The van der Waals surface area contributed by atoms with E-state index in [0.29, 0.717) is 11.3 Å². The highest BCUT2D eigenvalue weighted by Gasteiger charge is 2.31. The smallest absolute Gasteiger partial charge is 0.289 e. The van der Waals surface area contributed by atoms with E-state index in [9.17, 15) is 14.9 Å². The molecule has 7 nitrogen and oxygen atoms in total. The topological polar surface area (TPSA) is 97.6 Å². The van der Waals surface area contributed by atoms with E-state index in [1.165, 1.54) is 5.01 Å². The summed E-state index contributed by atoms with van der Waals surface area (Å²) < 4.78 is 0. The summed E-state index contributed by atoms with van der Waals surface area (Å²) in [5.74, 6) is -1.05. The number of amides is 2. The van der Waals surface area contributed by atoms with Crippen LogP contribution in [0.25, 0.3) is 0 Å². The van der Waals surface area contributed by atoms with Crippen LogP contribution in [0.2, 0.25) is 10.0 Å². The van der Waals surface area contributed by atoms with Crippen molar-refractivity contribution in [3.63, 3.8) is 0 Å². The van der Waals surface area contributed by atoms with Gasteiger partial charge >= 0.3 is 0 Å². The second-order valence-electron chi connectivity index (χ2n) is 5.95. The van der Waals surface area contributed by atoms with Crippen LogP contribution in [0, 0.1) is 11.3 Å². The van der Waals surface area contributed by atoms with Gasteiger partial charge < -0.3 is 5.32 Å². The summed E-state index contributed by atoms with van der Waals surface area (Å²) in [6, 6.07) is 13.8. The molecule has 0 fully saturated rings. The summed E-state index contributed by atoms with van der Waals surface area (Å²) in [6.45, 7) is 1.59. The molecule has 9 heteroatoms. The maximum Gasteiger partial charge on any atom is 0.289 e. The Balaban J connectivity index is 1.83. The molecule has 2 aromatic carbocycles. The van der Waals surface area contributed by atoms with Crippen LogP contribution in [-0.4, -0.2) is 23.7 Å². The van der Waals surface area contributed by atoms with Gasteiger partial charge in [0, 0.05) is 5.56 Å². The number of hydrogen-bond donors (Lipinski definition) is 2. The van der Waals surface area contributed by atoms with Gasteiger partial charge in [0.05, 0.1) is 21.8 Å². The fraction of sp³-hybridized carbons (Fsp3) is 0.158. The van der Waals surface area contributed by atoms with Crippen LogP contribution >= 0.6 is 23.2 Å². The third-order valence-electron chi connectivity index (χ3n) is 4.04. The summed E-state index contributed by atoms with van der Waals surface area (Å²) in [4.78, 5) is 29.2. The number of nitrogens with one attached hydrogen (secondary N) is 2. The Morgan fingerprint density at radius 2 is 1.96 bits per heavy atom. The number of hydrazine groups is 1. The Morgan fingerprint density at radius 1 is 1.25 bits per heavy atom. The van der Waals surface area contributed by atoms with Crippen LogP contribution in [0.15, 0.2) is 53.5 Å². The quantitative estimate of drug-likeness (QED) is 0.801. The van der Waals surface area contributed by atoms with Gasteiger partial charge in [-0.15, -0.1) is 0 Å². The third-order valence-corrected chi connectivity index (χ3v) is 4.88. The van der Waals surface area contributed by atoms with Crippen molar-refractivity contribution in [2.45, 2.75) is 19.0 Å². The number of amidine groups is 1. The summed E-state index contributed by atoms with van der Waals surface area (Å²) in [5.41, 5.74) is 3.64. The first kappa shape index (κ1) is 19.7. The average molecular weight is 416 g/mol. The number of aliphatic imine (C=N–C) groups is 1. The number of benzene rings is 2. The fourth-order valence-electron chi connectivity index (χ4n) is 2.63. The van der Waals surface area contributed by atoms with Crippen molar-refractivity contribution < 1.29 is 9.59 Å². The lowest BCUT2D eigenvalue weighted by Gasteiger charge is -2.30. The first-order valence-electron chi connectivity index (χ1n) is 8.30. The van der Waals surface area contributed by atoms with Gasteiger partial charge in [0.15, 0.2) is 0 Å².